The van der Waals surface area contributed by atoms with Crippen LogP contribution in [0.4, 0.5) is 5.69 Å². The Balaban J connectivity index is 2.25. The number of carbonyl (C=O) groups is 1. The summed E-state index contributed by atoms with van der Waals surface area (Å²) in [5.74, 6) is -0.286. The van der Waals surface area contributed by atoms with Crippen molar-refractivity contribution in [3.63, 3.8) is 0 Å². The Bertz CT molecular complexity index is 682. The molecule has 1 heterocycles. The smallest absolute Gasteiger partial charge is 0.273 e. The Morgan fingerprint density at radius 3 is 2.78 bits per heavy atom. The van der Waals surface area contributed by atoms with E-state index in [0.29, 0.717) is 25.3 Å². The zero-order valence-electron chi connectivity index (χ0n) is 13.0. The predicted octanol–water partition coefficient (Wildman–Crippen LogP) is 2.79. The number of aryl methyl sites for hydroxylation is 1. The summed E-state index contributed by atoms with van der Waals surface area (Å²) in [4.78, 5) is 24.8. The quantitative estimate of drug-likeness (QED) is 0.579. The number of methoxy groups -OCH3 is 1. The van der Waals surface area contributed by atoms with Crippen LogP contribution in [0, 0.1) is 17.0 Å². The molecular formula is C16H18N2O5. The molecule has 7 heteroatoms. The molecule has 0 aliphatic rings. The molecule has 2 aromatic rings. The Morgan fingerprint density at radius 2 is 2.17 bits per heavy atom. The van der Waals surface area contributed by atoms with Crippen LogP contribution in [0.5, 0.6) is 0 Å². The molecule has 0 N–H and O–H groups in total. The number of carbonyl (C=O) groups excluding carboxylic acids is 1. The molecule has 1 amide bonds. The lowest BCUT2D eigenvalue weighted by atomic mass is 10.1. The van der Waals surface area contributed by atoms with Gasteiger partial charge < -0.3 is 14.1 Å². The van der Waals surface area contributed by atoms with E-state index in [2.05, 4.69) is 0 Å². The van der Waals surface area contributed by atoms with Gasteiger partial charge in [0.1, 0.15) is 0 Å². The van der Waals surface area contributed by atoms with Gasteiger partial charge in [0.25, 0.3) is 11.6 Å². The SMILES string of the molecule is COCCN(Cc1ccoc1)C(=O)c1ccc(C)c([N+](=O)[O-])c1. The van der Waals surface area contributed by atoms with Gasteiger partial charge in [0.2, 0.25) is 0 Å². The van der Waals surface area contributed by atoms with Crippen LogP contribution in [0.1, 0.15) is 21.5 Å². The Morgan fingerprint density at radius 1 is 1.39 bits per heavy atom. The van der Waals surface area contributed by atoms with Crippen molar-refractivity contribution in [2.24, 2.45) is 0 Å². The van der Waals surface area contributed by atoms with Crippen LogP contribution in [0.15, 0.2) is 41.2 Å². The lowest BCUT2D eigenvalue weighted by Crippen LogP contribution is -2.33. The first-order chi connectivity index (χ1) is 11.0. The number of nitro groups is 1. The second-order valence-corrected chi connectivity index (χ2v) is 5.11. The average molecular weight is 318 g/mol. The summed E-state index contributed by atoms with van der Waals surface area (Å²) in [5.41, 5.74) is 1.58. The summed E-state index contributed by atoms with van der Waals surface area (Å²) in [6.45, 7) is 2.74. The van der Waals surface area contributed by atoms with Gasteiger partial charge in [-0.05, 0) is 19.1 Å². The number of nitro benzene ring substituents is 1. The van der Waals surface area contributed by atoms with E-state index >= 15 is 0 Å². The van der Waals surface area contributed by atoms with Gasteiger partial charge in [-0.2, -0.15) is 0 Å². The molecular weight excluding hydrogens is 300 g/mol. The molecule has 0 spiro atoms. The molecule has 0 aliphatic carbocycles. The van der Waals surface area contributed by atoms with Crippen molar-refractivity contribution in [3.8, 4) is 0 Å². The molecule has 0 unspecified atom stereocenters. The Kier molecular flexibility index (Phi) is 5.48. The van der Waals surface area contributed by atoms with Crippen LogP contribution >= 0.6 is 0 Å². The molecule has 1 aromatic heterocycles. The minimum atomic E-state index is -0.484. The minimum absolute atomic E-state index is 0.0640. The molecule has 0 saturated heterocycles. The van der Waals surface area contributed by atoms with E-state index in [1.807, 2.05) is 0 Å². The average Bonchev–Trinajstić information content (AvgIpc) is 3.04. The third-order valence-electron chi connectivity index (χ3n) is 3.46. The van der Waals surface area contributed by atoms with E-state index in [1.165, 1.54) is 12.3 Å². The topological polar surface area (TPSA) is 85.8 Å². The highest BCUT2D eigenvalue weighted by Gasteiger charge is 2.20. The number of hydrogen-bond donors (Lipinski definition) is 0. The summed E-state index contributed by atoms with van der Waals surface area (Å²) in [6, 6.07) is 6.26. The van der Waals surface area contributed by atoms with Gasteiger partial charge in [-0.15, -0.1) is 0 Å². The van der Waals surface area contributed by atoms with Crippen molar-refractivity contribution in [3.05, 3.63) is 63.6 Å². The third kappa shape index (κ3) is 4.17. The summed E-state index contributed by atoms with van der Waals surface area (Å²) in [6.07, 6.45) is 3.09. The first kappa shape index (κ1) is 16.7. The van der Waals surface area contributed by atoms with Crippen molar-refractivity contribution < 1.29 is 18.9 Å². The first-order valence-corrected chi connectivity index (χ1v) is 7.07. The summed E-state index contributed by atoms with van der Waals surface area (Å²) in [5, 5.41) is 11.0. The molecule has 23 heavy (non-hydrogen) atoms. The van der Waals surface area contributed by atoms with Gasteiger partial charge in [-0.3, -0.25) is 14.9 Å². The second-order valence-electron chi connectivity index (χ2n) is 5.11. The maximum Gasteiger partial charge on any atom is 0.273 e. The fourth-order valence-corrected chi connectivity index (χ4v) is 2.18. The molecule has 0 atom stereocenters. The first-order valence-electron chi connectivity index (χ1n) is 7.07. The number of rotatable bonds is 7. The van der Waals surface area contributed by atoms with E-state index in [0.717, 1.165) is 5.56 Å². The maximum absolute atomic E-state index is 12.7. The van der Waals surface area contributed by atoms with E-state index in [1.54, 1.807) is 43.4 Å². The number of ether oxygens (including phenoxy) is 1. The van der Waals surface area contributed by atoms with Crippen molar-refractivity contribution in [2.75, 3.05) is 20.3 Å². The number of nitrogens with zero attached hydrogens (tertiary/aromatic N) is 2. The fraction of sp³-hybridized carbons (Fsp3) is 0.312. The maximum atomic E-state index is 12.7. The van der Waals surface area contributed by atoms with Crippen LogP contribution in [0.3, 0.4) is 0 Å². The largest absolute Gasteiger partial charge is 0.472 e. The van der Waals surface area contributed by atoms with Gasteiger partial charge in [-0.1, -0.05) is 6.07 Å². The Labute approximate surface area is 133 Å². The van der Waals surface area contributed by atoms with E-state index in [9.17, 15) is 14.9 Å². The second kappa shape index (κ2) is 7.55. The normalized spacial score (nSPS) is 10.5. The van der Waals surface area contributed by atoms with Crippen molar-refractivity contribution in [2.45, 2.75) is 13.5 Å². The Hall–Kier alpha value is -2.67. The van der Waals surface area contributed by atoms with Crippen LogP contribution < -0.4 is 0 Å². The van der Waals surface area contributed by atoms with E-state index in [-0.39, 0.29) is 17.2 Å². The van der Waals surface area contributed by atoms with Gasteiger partial charge in [0, 0.05) is 43.0 Å². The predicted molar refractivity (Wildman–Crippen MR) is 83.2 cm³/mol. The zero-order chi connectivity index (χ0) is 16.8. The highest BCUT2D eigenvalue weighted by atomic mass is 16.6. The molecule has 0 aliphatic heterocycles. The summed E-state index contributed by atoms with van der Waals surface area (Å²) >= 11 is 0. The number of hydrogen-bond acceptors (Lipinski definition) is 5. The number of amides is 1. The van der Waals surface area contributed by atoms with E-state index in [4.69, 9.17) is 9.15 Å². The molecule has 7 nitrogen and oxygen atoms in total. The summed E-state index contributed by atoms with van der Waals surface area (Å²) in [7, 11) is 1.55. The molecule has 122 valence electrons. The fourth-order valence-electron chi connectivity index (χ4n) is 2.18. The minimum Gasteiger partial charge on any atom is -0.472 e. The summed E-state index contributed by atoms with van der Waals surface area (Å²) < 4.78 is 10.0. The zero-order valence-corrected chi connectivity index (χ0v) is 13.0. The van der Waals surface area contributed by atoms with Crippen molar-refractivity contribution in [1.29, 1.82) is 0 Å². The molecule has 0 fully saturated rings. The number of benzene rings is 1. The standard InChI is InChI=1S/C16H18N2O5/c1-12-3-4-14(9-15(12)18(20)21)16(19)17(6-8-22-2)10-13-5-7-23-11-13/h3-5,7,9,11H,6,8,10H2,1-2H3. The van der Waals surface area contributed by atoms with Gasteiger partial charge >= 0.3 is 0 Å². The van der Waals surface area contributed by atoms with Crippen molar-refractivity contribution >= 4 is 11.6 Å². The van der Waals surface area contributed by atoms with Crippen LogP contribution in [-0.4, -0.2) is 36.0 Å². The third-order valence-corrected chi connectivity index (χ3v) is 3.46. The molecule has 0 bridgehead atoms. The van der Waals surface area contributed by atoms with Crippen LogP contribution in [-0.2, 0) is 11.3 Å². The number of furan rings is 1. The van der Waals surface area contributed by atoms with Gasteiger partial charge in [0.15, 0.2) is 0 Å². The molecule has 0 saturated carbocycles. The molecule has 1 aromatic carbocycles. The highest BCUT2D eigenvalue weighted by molar-refractivity contribution is 5.95. The van der Waals surface area contributed by atoms with Crippen LogP contribution in [0.2, 0.25) is 0 Å². The van der Waals surface area contributed by atoms with Gasteiger partial charge in [-0.25, -0.2) is 0 Å². The monoisotopic (exact) mass is 318 g/mol. The lowest BCUT2D eigenvalue weighted by molar-refractivity contribution is -0.385. The molecule has 0 radical (unpaired) electrons. The van der Waals surface area contributed by atoms with E-state index < -0.39 is 4.92 Å². The van der Waals surface area contributed by atoms with Gasteiger partial charge in [0.05, 0.1) is 24.1 Å². The van der Waals surface area contributed by atoms with Crippen LogP contribution in [0.25, 0.3) is 0 Å². The van der Waals surface area contributed by atoms with Crippen molar-refractivity contribution in [1.82, 2.24) is 4.90 Å². The molecule has 2 rings (SSSR count). The highest BCUT2D eigenvalue weighted by Crippen LogP contribution is 2.21. The lowest BCUT2D eigenvalue weighted by Gasteiger charge is -2.22.